The number of carbonyl (C=O) groups excluding carboxylic acids is 3. The lowest BCUT2D eigenvalue weighted by Gasteiger charge is -2.31. The van der Waals surface area contributed by atoms with E-state index in [-0.39, 0.29) is 17.7 Å². The van der Waals surface area contributed by atoms with E-state index in [9.17, 15) is 14.4 Å². The van der Waals surface area contributed by atoms with Gasteiger partial charge in [-0.15, -0.1) is 0 Å². The normalized spacial score (nSPS) is 17.7. The molecule has 2 aromatic rings. The number of para-hydroxylation sites is 1. The molecule has 9 nitrogen and oxygen atoms in total. The molecule has 1 atom stereocenters. The summed E-state index contributed by atoms with van der Waals surface area (Å²) < 4.78 is 7.51. The monoisotopic (exact) mass is 483 g/mol. The quantitative estimate of drug-likeness (QED) is 0.590. The maximum Gasteiger partial charge on any atom is 0.258 e. The van der Waals surface area contributed by atoms with Crippen molar-refractivity contribution < 1.29 is 19.1 Å². The van der Waals surface area contributed by atoms with Crippen LogP contribution in [0.2, 0.25) is 0 Å². The van der Waals surface area contributed by atoms with Crippen molar-refractivity contribution in [2.24, 2.45) is 7.05 Å². The van der Waals surface area contributed by atoms with Crippen molar-refractivity contribution in [3.63, 3.8) is 0 Å². The Morgan fingerprint density at radius 2 is 1.89 bits per heavy atom. The molecule has 0 fully saturated rings. The number of aromatic nitrogens is 2. The minimum atomic E-state index is -0.583. The fourth-order valence-corrected chi connectivity index (χ4v) is 4.30. The fourth-order valence-electron chi connectivity index (χ4n) is 4.30. The number of amides is 3. The summed E-state index contributed by atoms with van der Waals surface area (Å²) in [4.78, 5) is 44.3. The van der Waals surface area contributed by atoms with Gasteiger partial charge in [0.05, 0.1) is 23.9 Å². The van der Waals surface area contributed by atoms with Gasteiger partial charge in [0.15, 0.2) is 0 Å². The van der Waals surface area contributed by atoms with Gasteiger partial charge < -0.3 is 19.4 Å². The molecule has 1 aliphatic rings. The topological polar surface area (TPSA) is 88.0 Å². The van der Waals surface area contributed by atoms with Crippen LogP contribution in [-0.4, -0.2) is 89.1 Å². The first-order valence-electron chi connectivity index (χ1n) is 12.3. The van der Waals surface area contributed by atoms with Gasteiger partial charge in [-0.25, -0.2) is 0 Å². The maximum atomic E-state index is 13.4. The summed E-state index contributed by atoms with van der Waals surface area (Å²) in [6.45, 7) is 1.74. The Labute approximate surface area is 207 Å². The van der Waals surface area contributed by atoms with Crippen LogP contribution in [0.15, 0.2) is 36.7 Å². The van der Waals surface area contributed by atoms with Crippen LogP contribution >= 0.6 is 0 Å². The molecule has 0 bridgehead atoms. The van der Waals surface area contributed by atoms with E-state index in [1.165, 1.54) is 0 Å². The van der Waals surface area contributed by atoms with Crippen molar-refractivity contribution in [2.45, 2.75) is 44.6 Å². The van der Waals surface area contributed by atoms with E-state index in [1.54, 1.807) is 72.1 Å². The summed E-state index contributed by atoms with van der Waals surface area (Å²) in [7, 11) is 7.03. The van der Waals surface area contributed by atoms with Crippen LogP contribution in [0.5, 0.6) is 5.75 Å². The molecule has 1 aromatic heterocycles. The van der Waals surface area contributed by atoms with Crippen molar-refractivity contribution in [1.29, 1.82) is 0 Å². The Bertz CT molecular complexity index is 1020. The Morgan fingerprint density at radius 3 is 2.63 bits per heavy atom. The SMILES string of the molecule is CN(CCCC[C@H]1C(=O)N(C)CCCCCOc2ccccc2C(=O)N1C)C(=O)c1cnn(C)c1. The lowest BCUT2D eigenvalue weighted by Crippen LogP contribution is -2.48. The molecule has 0 aliphatic carbocycles. The van der Waals surface area contributed by atoms with E-state index >= 15 is 0 Å². The third kappa shape index (κ3) is 6.83. The zero-order chi connectivity index (χ0) is 25.4. The second-order valence-electron chi connectivity index (χ2n) is 9.22. The highest BCUT2D eigenvalue weighted by molar-refractivity contribution is 5.99. The Kier molecular flexibility index (Phi) is 9.28. The summed E-state index contributed by atoms with van der Waals surface area (Å²) in [5.41, 5.74) is 1.02. The van der Waals surface area contributed by atoms with Crippen LogP contribution in [0.3, 0.4) is 0 Å². The number of hydrogen-bond donors (Lipinski definition) is 0. The van der Waals surface area contributed by atoms with Crippen molar-refractivity contribution in [1.82, 2.24) is 24.5 Å². The molecule has 0 saturated heterocycles. The van der Waals surface area contributed by atoms with Crippen molar-refractivity contribution in [3.05, 3.63) is 47.8 Å². The van der Waals surface area contributed by atoms with E-state index in [2.05, 4.69) is 5.10 Å². The molecule has 35 heavy (non-hydrogen) atoms. The average molecular weight is 484 g/mol. The van der Waals surface area contributed by atoms with Gasteiger partial charge >= 0.3 is 0 Å². The van der Waals surface area contributed by atoms with Crippen LogP contribution in [-0.2, 0) is 11.8 Å². The molecule has 1 aliphatic heterocycles. The number of ether oxygens (including phenoxy) is 1. The van der Waals surface area contributed by atoms with E-state index in [0.717, 1.165) is 25.7 Å². The molecule has 0 radical (unpaired) electrons. The lowest BCUT2D eigenvalue weighted by molar-refractivity contribution is -0.134. The predicted molar refractivity (Wildman–Crippen MR) is 133 cm³/mol. The highest BCUT2D eigenvalue weighted by atomic mass is 16.5. The first-order chi connectivity index (χ1) is 16.8. The van der Waals surface area contributed by atoms with Gasteiger partial charge in [0.25, 0.3) is 11.8 Å². The summed E-state index contributed by atoms with van der Waals surface area (Å²) >= 11 is 0. The largest absolute Gasteiger partial charge is 0.493 e. The molecule has 3 rings (SSSR count). The van der Waals surface area contributed by atoms with Gasteiger partial charge in [-0.2, -0.15) is 5.10 Å². The summed E-state index contributed by atoms with van der Waals surface area (Å²) in [5.74, 6) is 0.187. The highest BCUT2D eigenvalue weighted by Gasteiger charge is 2.31. The number of benzene rings is 1. The highest BCUT2D eigenvalue weighted by Crippen LogP contribution is 2.23. The molecule has 2 heterocycles. The van der Waals surface area contributed by atoms with Crippen LogP contribution in [0.25, 0.3) is 0 Å². The van der Waals surface area contributed by atoms with Crippen molar-refractivity contribution in [2.75, 3.05) is 40.8 Å². The number of carbonyl (C=O) groups is 3. The predicted octanol–water partition coefficient (Wildman–Crippen LogP) is 2.82. The maximum absolute atomic E-state index is 13.4. The number of unbranched alkanes of at least 4 members (excludes halogenated alkanes) is 1. The first kappa shape index (κ1) is 26.2. The van der Waals surface area contributed by atoms with Gasteiger partial charge in [0.1, 0.15) is 11.8 Å². The second-order valence-corrected chi connectivity index (χ2v) is 9.22. The average Bonchev–Trinajstić information content (AvgIpc) is 3.30. The minimum Gasteiger partial charge on any atom is -0.493 e. The smallest absolute Gasteiger partial charge is 0.258 e. The molecule has 190 valence electrons. The molecule has 9 heteroatoms. The molecule has 1 aromatic carbocycles. The minimum absolute atomic E-state index is 0.0571. The van der Waals surface area contributed by atoms with Crippen LogP contribution in [0.1, 0.15) is 59.2 Å². The second kappa shape index (κ2) is 12.4. The molecular formula is C26H37N5O4. The van der Waals surface area contributed by atoms with Gasteiger partial charge in [-0.3, -0.25) is 19.1 Å². The van der Waals surface area contributed by atoms with Crippen LogP contribution < -0.4 is 4.74 Å². The third-order valence-electron chi connectivity index (χ3n) is 6.48. The zero-order valence-corrected chi connectivity index (χ0v) is 21.3. The van der Waals surface area contributed by atoms with E-state index in [0.29, 0.717) is 49.4 Å². The Morgan fingerprint density at radius 1 is 1.11 bits per heavy atom. The van der Waals surface area contributed by atoms with Crippen molar-refractivity contribution >= 4 is 17.7 Å². The fraction of sp³-hybridized carbons (Fsp3) is 0.538. The lowest BCUT2D eigenvalue weighted by atomic mass is 10.0. The molecule has 3 amide bonds. The van der Waals surface area contributed by atoms with Gasteiger partial charge in [-0.05, 0) is 50.7 Å². The van der Waals surface area contributed by atoms with Gasteiger partial charge in [-0.1, -0.05) is 12.1 Å². The number of hydrogen-bond acceptors (Lipinski definition) is 5. The molecular weight excluding hydrogens is 446 g/mol. The zero-order valence-electron chi connectivity index (χ0n) is 21.3. The summed E-state index contributed by atoms with van der Waals surface area (Å²) in [5, 5.41) is 4.05. The Balaban J connectivity index is 1.68. The van der Waals surface area contributed by atoms with E-state index in [4.69, 9.17) is 4.74 Å². The molecule has 0 saturated carbocycles. The Hall–Kier alpha value is -3.36. The third-order valence-corrected chi connectivity index (χ3v) is 6.48. The molecule has 0 unspecified atom stereocenters. The summed E-state index contributed by atoms with van der Waals surface area (Å²) in [6, 6.07) is 6.63. The number of likely N-dealkylation sites (N-methyl/N-ethyl adjacent to an activating group) is 2. The van der Waals surface area contributed by atoms with E-state index in [1.807, 2.05) is 12.1 Å². The molecule has 0 spiro atoms. The number of aryl methyl sites for hydroxylation is 1. The number of rotatable bonds is 6. The van der Waals surface area contributed by atoms with Crippen LogP contribution in [0, 0.1) is 0 Å². The standard InChI is InChI=1S/C26H37N5O4/c1-28(24(32)20-18-27-30(3)19-20)16-10-8-13-22-26(34)29(2)15-9-5-11-17-35-23-14-7-6-12-21(23)25(33)31(22)4/h6-7,12,14,18-19,22H,5,8-11,13,15-17H2,1-4H3/t22-/m0/s1. The van der Waals surface area contributed by atoms with Crippen molar-refractivity contribution in [3.8, 4) is 5.75 Å². The van der Waals surface area contributed by atoms with E-state index < -0.39 is 6.04 Å². The molecule has 0 N–H and O–H groups in total. The first-order valence-corrected chi connectivity index (χ1v) is 12.3. The number of nitrogens with zero attached hydrogens (tertiary/aromatic N) is 5. The van der Waals surface area contributed by atoms with Gasteiger partial charge in [0, 0.05) is 47.5 Å². The van der Waals surface area contributed by atoms with Gasteiger partial charge in [0.2, 0.25) is 5.91 Å². The summed E-state index contributed by atoms with van der Waals surface area (Å²) in [6.07, 6.45) is 7.90. The van der Waals surface area contributed by atoms with Crippen LogP contribution in [0.4, 0.5) is 0 Å². The number of fused-ring (bicyclic) bond motifs is 1.